The van der Waals surface area contributed by atoms with Crippen molar-refractivity contribution < 1.29 is 9.90 Å². The van der Waals surface area contributed by atoms with Crippen molar-refractivity contribution in [2.45, 2.75) is 53.0 Å². The van der Waals surface area contributed by atoms with Crippen LogP contribution in [0, 0.1) is 6.92 Å². The third kappa shape index (κ3) is 3.28. The highest BCUT2D eigenvalue weighted by Gasteiger charge is 2.26. The van der Waals surface area contributed by atoms with Crippen LogP contribution in [0.1, 0.15) is 56.1 Å². The van der Waals surface area contributed by atoms with Gasteiger partial charge in [0.1, 0.15) is 11.4 Å². The van der Waals surface area contributed by atoms with Gasteiger partial charge in [-0.3, -0.25) is 4.68 Å². The van der Waals surface area contributed by atoms with E-state index < -0.39 is 5.97 Å². The van der Waals surface area contributed by atoms with Gasteiger partial charge in [-0.1, -0.05) is 20.3 Å². The van der Waals surface area contributed by atoms with Crippen molar-refractivity contribution in [2.24, 2.45) is 7.05 Å². The van der Waals surface area contributed by atoms with E-state index in [-0.39, 0.29) is 0 Å². The number of aryl methyl sites for hydroxylation is 2. The number of anilines is 1. The number of unbranched alkanes of at least 4 members (excludes halogenated alkanes) is 1. The highest BCUT2D eigenvalue weighted by atomic mass is 16.4. The highest BCUT2D eigenvalue weighted by molar-refractivity contribution is 5.95. The summed E-state index contributed by atoms with van der Waals surface area (Å²) in [5.74, 6) is -0.168. The molecule has 1 aromatic rings. The summed E-state index contributed by atoms with van der Waals surface area (Å²) < 4.78 is 1.70. The summed E-state index contributed by atoms with van der Waals surface area (Å²) in [6, 6.07) is 0.305. The van der Waals surface area contributed by atoms with E-state index >= 15 is 0 Å². The fraction of sp³-hybridized carbons (Fsp3) is 0.714. The van der Waals surface area contributed by atoms with Crippen molar-refractivity contribution in [1.82, 2.24) is 9.78 Å². The van der Waals surface area contributed by atoms with Crippen molar-refractivity contribution in [1.29, 1.82) is 0 Å². The van der Waals surface area contributed by atoms with Crippen LogP contribution in [0.2, 0.25) is 0 Å². The summed E-state index contributed by atoms with van der Waals surface area (Å²) in [7, 11) is 1.82. The molecule has 0 aliphatic heterocycles. The fourth-order valence-electron chi connectivity index (χ4n) is 2.31. The molecule has 0 spiro atoms. The van der Waals surface area contributed by atoms with E-state index in [1.807, 2.05) is 7.05 Å². The second-order valence-electron chi connectivity index (χ2n) is 5.02. The summed E-state index contributed by atoms with van der Waals surface area (Å²) in [6.07, 6.45) is 3.12. The molecule has 0 aliphatic rings. The molecule has 1 atom stereocenters. The van der Waals surface area contributed by atoms with E-state index in [2.05, 4.69) is 30.8 Å². The van der Waals surface area contributed by atoms with E-state index in [9.17, 15) is 9.90 Å². The lowest BCUT2D eigenvalue weighted by atomic mass is 10.1. The molecule has 5 nitrogen and oxygen atoms in total. The first-order chi connectivity index (χ1) is 8.93. The quantitative estimate of drug-likeness (QED) is 0.825. The lowest BCUT2D eigenvalue weighted by Gasteiger charge is -2.31. The lowest BCUT2D eigenvalue weighted by molar-refractivity contribution is 0.0696. The zero-order chi connectivity index (χ0) is 14.6. The molecule has 1 heterocycles. The van der Waals surface area contributed by atoms with Crippen molar-refractivity contribution in [3.8, 4) is 0 Å². The molecule has 0 radical (unpaired) electrons. The minimum Gasteiger partial charge on any atom is -0.477 e. The minimum absolute atomic E-state index is 0.305. The Hall–Kier alpha value is -1.52. The van der Waals surface area contributed by atoms with Crippen molar-refractivity contribution in [3.05, 3.63) is 11.3 Å². The Morgan fingerprint density at radius 2 is 2.11 bits per heavy atom. The van der Waals surface area contributed by atoms with E-state index in [0.717, 1.165) is 31.6 Å². The lowest BCUT2D eigenvalue weighted by Crippen LogP contribution is -2.36. The monoisotopic (exact) mass is 267 g/mol. The van der Waals surface area contributed by atoms with Crippen LogP contribution in [0.5, 0.6) is 0 Å². The topological polar surface area (TPSA) is 58.4 Å². The average molecular weight is 267 g/mol. The number of carboxylic acids is 1. The standard InChI is InChI=1S/C14H25N3O2/c1-6-8-9-17(10(3)7-2)13-12(14(18)19)11(4)15-16(13)5/h10H,6-9H2,1-5H3,(H,18,19). The Balaban J connectivity index is 3.24. The van der Waals surface area contributed by atoms with Gasteiger partial charge in [0.05, 0.1) is 5.69 Å². The molecule has 5 heteroatoms. The summed E-state index contributed by atoms with van der Waals surface area (Å²) in [5.41, 5.74) is 0.911. The van der Waals surface area contributed by atoms with E-state index in [1.165, 1.54) is 0 Å². The predicted molar refractivity (Wildman–Crippen MR) is 76.9 cm³/mol. The first-order valence-corrected chi connectivity index (χ1v) is 6.97. The van der Waals surface area contributed by atoms with Gasteiger partial charge in [0, 0.05) is 19.6 Å². The number of hydrogen-bond donors (Lipinski definition) is 1. The molecular formula is C14H25N3O2. The van der Waals surface area contributed by atoms with Gasteiger partial charge < -0.3 is 10.0 Å². The van der Waals surface area contributed by atoms with Gasteiger partial charge in [-0.15, -0.1) is 0 Å². The van der Waals surface area contributed by atoms with Crippen molar-refractivity contribution >= 4 is 11.8 Å². The average Bonchev–Trinajstić information content (AvgIpc) is 2.64. The van der Waals surface area contributed by atoms with Gasteiger partial charge in [-0.05, 0) is 26.7 Å². The number of aromatic carboxylic acids is 1. The van der Waals surface area contributed by atoms with Crippen LogP contribution in [0.4, 0.5) is 5.82 Å². The first kappa shape index (κ1) is 15.5. The number of hydrogen-bond acceptors (Lipinski definition) is 3. The minimum atomic E-state index is -0.898. The molecule has 0 bridgehead atoms. The molecule has 1 N–H and O–H groups in total. The van der Waals surface area contributed by atoms with Crippen LogP contribution < -0.4 is 4.90 Å². The van der Waals surface area contributed by atoms with Gasteiger partial charge in [0.25, 0.3) is 0 Å². The number of nitrogens with zero attached hydrogens (tertiary/aromatic N) is 3. The fourth-order valence-corrected chi connectivity index (χ4v) is 2.31. The van der Waals surface area contributed by atoms with Crippen LogP contribution >= 0.6 is 0 Å². The molecule has 0 fully saturated rings. The van der Waals surface area contributed by atoms with Gasteiger partial charge >= 0.3 is 5.97 Å². The molecule has 0 aromatic carbocycles. The van der Waals surface area contributed by atoms with Crippen LogP contribution in [0.3, 0.4) is 0 Å². The molecular weight excluding hydrogens is 242 g/mol. The van der Waals surface area contributed by atoms with Gasteiger partial charge in [-0.25, -0.2) is 4.79 Å². The predicted octanol–water partition coefficient (Wildman–Crippen LogP) is 2.83. The van der Waals surface area contributed by atoms with Gasteiger partial charge in [-0.2, -0.15) is 5.10 Å². The molecule has 1 unspecified atom stereocenters. The number of carboxylic acid groups (broad SMARTS) is 1. The maximum Gasteiger partial charge on any atom is 0.341 e. The van der Waals surface area contributed by atoms with Crippen LogP contribution in [-0.4, -0.2) is 33.4 Å². The van der Waals surface area contributed by atoms with Crippen LogP contribution in [0.15, 0.2) is 0 Å². The normalized spacial score (nSPS) is 12.5. The number of aromatic nitrogens is 2. The van der Waals surface area contributed by atoms with E-state index in [1.54, 1.807) is 11.6 Å². The first-order valence-electron chi connectivity index (χ1n) is 6.97. The third-order valence-corrected chi connectivity index (χ3v) is 3.55. The van der Waals surface area contributed by atoms with Crippen LogP contribution in [0.25, 0.3) is 0 Å². The molecule has 0 saturated carbocycles. The third-order valence-electron chi connectivity index (χ3n) is 3.55. The summed E-state index contributed by atoms with van der Waals surface area (Å²) in [4.78, 5) is 13.6. The van der Waals surface area contributed by atoms with E-state index in [0.29, 0.717) is 17.3 Å². The zero-order valence-electron chi connectivity index (χ0n) is 12.6. The molecule has 1 aromatic heterocycles. The maximum absolute atomic E-state index is 11.5. The SMILES string of the molecule is CCCCN(c1c(C(=O)O)c(C)nn1C)C(C)CC. The Morgan fingerprint density at radius 3 is 2.58 bits per heavy atom. The maximum atomic E-state index is 11.5. The van der Waals surface area contributed by atoms with Gasteiger partial charge in [0.15, 0.2) is 0 Å². The second kappa shape index (κ2) is 6.59. The Kier molecular flexibility index (Phi) is 5.39. The Labute approximate surface area is 115 Å². The van der Waals surface area contributed by atoms with E-state index in [4.69, 9.17) is 0 Å². The summed E-state index contributed by atoms with van der Waals surface area (Å²) in [6.45, 7) is 9.00. The molecule has 108 valence electrons. The Bertz CT molecular complexity index is 440. The molecule has 0 saturated heterocycles. The molecule has 19 heavy (non-hydrogen) atoms. The molecule has 0 aliphatic carbocycles. The summed E-state index contributed by atoms with van der Waals surface area (Å²) >= 11 is 0. The molecule has 1 rings (SSSR count). The number of carbonyl (C=O) groups is 1. The zero-order valence-corrected chi connectivity index (χ0v) is 12.6. The number of rotatable bonds is 7. The van der Waals surface area contributed by atoms with Gasteiger partial charge in [0.2, 0.25) is 0 Å². The largest absolute Gasteiger partial charge is 0.477 e. The molecule has 0 amide bonds. The highest BCUT2D eigenvalue weighted by Crippen LogP contribution is 2.26. The van der Waals surface area contributed by atoms with Crippen LogP contribution in [-0.2, 0) is 7.05 Å². The summed E-state index contributed by atoms with van der Waals surface area (Å²) in [5, 5.41) is 13.7. The smallest absolute Gasteiger partial charge is 0.341 e. The Morgan fingerprint density at radius 1 is 1.47 bits per heavy atom. The van der Waals surface area contributed by atoms with Crippen molar-refractivity contribution in [2.75, 3.05) is 11.4 Å². The van der Waals surface area contributed by atoms with Crippen molar-refractivity contribution in [3.63, 3.8) is 0 Å². The second-order valence-corrected chi connectivity index (χ2v) is 5.02.